The summed E-state index contributed by atoms with van der Waals surface area (Å²) in [6.45, 7) is 7.42. The molecule has 23 heavy (non-hydrogen) atoms. The Bertz CT molecular complexity index is 676. The lowest BCUT2D eigenvalue weighted by atomic mass is 9.89. The lowest BCUT2D eigenvalue weighted by Crippen LogP contribution is -2.22. The van der Waals surface area contributed by atoms with Gasteiger partial charge < -0.3 is 9.84 Å². The fraction of sp³-hybridized carbons (Fsp3) is 0.556. The number of nitrogens with zero attached hydrogens (tertiary/aromatic N) is 2. The summed E-state index contributed by atoms with van der Waals surface area (Å²) in [5, 5.41) is 15.1. The molecule has 0 aliphatic rings. The number of aryl methyl sites for hydroxylation is 2. The number of rotatable bonds is 8. The van der Waals surface area contributed by atoms with Crippen LogP contribution in [0.25, 0.3) is 10.9 Å². The number of hydrogen-bond acceptors (Lipinski definition) is 3. The minimum Gasteiger partial charge on any atom is -0.481 e. The van der Waals surface area contributed by atoms with E-state index in [1.807, 2.05) is 31.5 Å². The van der Waals surface area contributed by atoms with E-state index in [9.17, 15) is 9.90 Å². The second kappa shape index (κ2) is 7.59. The van der Waals surface area contributed by atoms with Gasteiger partial charge in [0.25, 0.3) is 0 Å². The molecule has 0 aliphatic carbocycles. The Morgan fingerprint density at radius 3 is 2.74 bits per heavy atom. The van der Waals surface area contributed by atoms with Crippen LogP contribution in [0.4, 0.5) is 0 Å². The molecule has 126 valence electrons. The molecule has 1 N–H and O–H groups in total. The Labute approximate surface area is 137 Å². The Hall–Kier alpha value is -1.88. The van der Waals surface area contributed by atoms with Crippen molar-refractivity contribution in [2.75, 3.05) is 13.7 Å². The zero-order chi connectivity index (χ0) is 17.0. The maximum Gasteiger partial charge on any atom is 0.307 e. The van der Waals surface area contributed by atoms with Crippen molar-refractivity contribution in [1.82, 2.24) is 9.78 Å². The molecular weight excluding hydrogens is 292 g/mol. The van der Waals surface area contributed by atoms with E-state index < -0.39 is 5.97 Å². The van der Waals surface area contributed by atoms with Gasteiger partial charge in [0.2, 0.25) is 0 Å². The van der Waals surface area contributed by atoms with Gasteiger partial charge in [-0.3, -0.25) is 9.48 Å². The molecule has 0 fully saturated rings. The van der Waals surface area contributed by atoms with Crippen molar-refractivity contribution in [3.05, 3.63) is 29.5 Å². The van der Waals surface area contributed by atoms with Crippen LogP contribution in [0.1, 0.15) is 31.5 Å². The van der Waals surface area contributed by atoms with Crippen molar-refractivity contribution in [2.45, 2.75) is 40.2 Å². The third kappa shape index (κ3) is 4.10. The highest BCUT2D eigenvalue weighted by Crippen LogP contribution is 2.24. The van der Waals surface area contributed by atoms with Crippen molar-refractivity contribution in [2.24, 2.45) is 11.8 Å². The molecule has 2 rings (SSSR count). The first-order valence-corrected chi connectivity index (χ1v) is 8.11. The lowest BCUT2D eigenvalue weighted by molar-refractivity contribution is -0.143. The molecule has 1 aromatic carbocycles. The molecule has 1 atom stereocenters. The summed E-state index contributed by atoms with van der Waals surface area (Å²) in [5.74, 6) is -0.986. The smallest absolute Gasteiger partial charge is 0.307 e. The van der Waals surface area contributed by atoms with Crippen LogP contribution < -0.4 is 0 Å². The molecule has 5 nitrogen and oxygen atoms in total. The molecule has 0 radical (unpaired) electrons. The standard InChI is InChI=1S/C18H26N2O3/c1-12(2)16(18(21)22)10-14-6-7-15-13(3)19-20(17(15)11-14)8-5-9-23-4/h6-7,11-12,16H,5,8-10H2,1-4H3,(H,21,22)/t16-/m1/s1. The average Bonchev–Trinajstić information content (AvgIpc) is 2.80. The number of fused-ring (bicyclic) bond motifs is 1. The van der Waals surface area contributed by atoms with Crippen molar-refractivity contribution in [1.29, 1.82) is 0 Å². The molecule has 5 heteroatoms. The number of carboxylic acids is 1. The molecule has 0 saturated heterocycles. The molecule has 0 amide bonds. The lowest BCUT2D eigenvalue weighted by Gasteiger charge is -2.16. The van der Waals surface area contributed by atoms with Crippen molar-refractivity contribution in [3.8, 4) is 0 Å². The quantitative estimate of drug-likeness (QED) is 0.759. The highest BCUT2D eigenvalue weighted by Gasteiger charge is 2.22. The Kier molecular flexibility index (Phi) is 5.77. The topological polar surface area (TPSA) is 64.4 Å². The van der Waals surface area contributed by atoms with Gasteiger partial charge in [0, 0.05) is 25.6 Å². The monoisotopic (exact) mass is 318 g/mol. The molecule has 1 aromatic heterocycles. The first-order valence-electron chi connectivity index (χ1n) is 8.11. The molecule has 0 unspecified atom stereocenters. The number of hydrogen-bond donors (Lipinski definition) is 1. The van der Waals surface area contributed by atoms with Gasteiger partial charge in [-0.2, -0.15) is 5.10 Å². The van der Waals surface area contributed by atoms with E-state index in [4.69, 9.17) is 4.74 Å². The summed E-state index contributed by atoms with van der Waals surface area (Å²) in [4.78, 5) is 11.4. The van der Waals surface area contributed by atoms with E-state index in [0.29, 0.717) is 13.0 Å². The molecule has 0 aliphatic heterocycles. The maximum atomic E-state index is 11.4. The number of aromatic nitrogens is 2. The minimum absolute atomic E-state index is 0.108. The molecular formula is C18H26N2O3. The summed E-state index contributed by atoms with van der Waals surface area (Å²) in [5.41, 5.74) is 3.12. The molecule has 0 spiro atoms. The molecule has 0 bridgehead atoms. The third-order valence-corrected chi connectivity index (χ3v) is 4.30. The average molecular weight is 318 g/mol. The first kappa shape index (κ1) is 17.5. The predicted octanol–water partition coefficient (Wildman–Crippen LogP) is 3.28. The summed E-state index contributed by atoms with van der Waals surface area (Å²) in [6, 6.07) is 6.16. The van der Waals surface area contributed by atoms with E-state index in [1.54, 1.807) is 7.11 Å². The van der Waals surface area contributed by atoms with Gasteiger partial charge in [-0.15, -0.1) is 0 Å². The van der Waals surface area contributed by atoms with E-state index in [2.05, 4.69) is 17.2 Å². The fourth-order valence-corrected chi connectivity index (χ4v) is 2.90. The summed E-state index contributed by atoms with van der Waals surface area (Å²) in [6.07, 6.45) is 1.45. The van der Waals surface area contributed by atoms with Gasteiger partial charge >= 0.3 is 5.97 Å². The van der Waals surface area contributed by atoms with Crippen LogP contribution >= 0.6 is 0 Å². The third-order valence-electron chi connectivity index (χ3n) is 4.30. The number of carbonyl (C=O) groups is 1. The normalized spacial score (nSPS) is 12.9. The Morgan fingerprint density at radius 1 is 1.39 bits per heavy atom. The summed E-state index contributed by atoms with van der Waals surface area (Å²) in [7, 11) is 1.70. The number of aliphatic carboxylic acids is 1. The van der Waals surface area contributed by atoms with Gasteiger partial charge in [0.15, 0.2) is 0 Å². The highest BCUT2D eigenvalue weighted by atomic mass is 16.5. The van der Waals surface area contributed by atoms with Crippen LogP contribution in [-0.2, 0) is 22.5 Å². The maximum absolute atomic E-state index is 11.4. The van der Waals surface area contributed by atoms with Gasteiger partial charge in [0.1, 0.15) is 0 Å². The van der Waals surface area contributed by atoms with Gasteiger partial charge in [-0.1, -0.05) is 26.0 Å². The Morgan fingerprint density at radius 2 is 2.13 bits per heavy atom. The number of benzene rings is 1. The minimum atomic E-state index is -0.732. The zero-order valence-corrected chi connectivity index (χ0v) is 14.4. The van der Waals surface area contributed by atoms with E-state index in [1.165, 1.54) is 0 Å². The van der Waals surface area contributed by atoms with Gasteiger partial charge in [-0.25, -0.2) is 0 Å². The van der Waals surface area contributed by atoms with E-state index in [-0.39, 0.29) is 11.8 Å². The van der Waals surface area contributed by atoms with E-state index in [0.717, 1.165) is 35.1 Å². The van der Waals surface area contributed by atoms with Crippen molar-refractivity contribution in [3.63, 3.8) is 0 Å². The number of carboxylic acid groups (broad SMARTS) is 1. The van der Waals surface area contributed by atoms with Crippen LogP contribution in [0.5, 0.6) is 0 Å². The molecule has 0 saturated carbocycles. The zero-order valence-electron chi connectivity index (χ0n) is 14.4. The molecule has 1 heterocycles. The van der Waals surface area contributed by atoms with Crippen LogP contribution in [-0.4, -0.2) is 34.6 Å². The fourth-order valence-electron chi connectivity index (χ4n) is 2.90. The summed E-state index contributed by atoms with van der Waals surface area (Å²) >= 11 is 0. The largest absolute Gasteiger partial charge is 0.481 e. The number of ether oxygens (including phenoxy) is 1. The highest BCUT2D eigenvalue weighted by molar-refractivity contribution is 5.82. The predicted molar refractivity (Wildman–Crippen MR) is 90.6 cm³/mol. The van der Waals surface area contributed by atoms with E-state index >= 15 is 0 Å². The van der Waals surface area contributed by atoms with Crippen molar-refractivity contribution < 1.29 is 14.6 Å². The van der Waals surface area contributed by atoms with Gasteiger partial charge in [-0.05, 0) is 37.3 Å². The van der Waals surface area contributed by atoms with Crippen LogP contribution in [0.15, 0.2) is 18.2 Å². The first-order chi connectivity index (χ1) is 10.9. The molecule has 2 aromatic rings. The second-order valence-electron chi connectivity index (χ2n) is 6.40. The second-order valence-corrected chi connectivity index (χ2v) is 6.40. The SMILES string of the molecule is COCCCn1nc(C)c2ccc(C[C@@H](C(=O)O)C(C)C)cc21. The van der Waals surface area contributed by atoms with Crippen molar-refractivity contribution >= 4 is 16.9 Å². The van der Waals surface area contributed by atoms with Crippen LogP contribution in [0, 0.1) is 18.8 Å². The number of methoxy groups -OCH3 is 1. The van der Waals surface area contributed by atoms with Gasteiger partial charge in [0.05, 0.1) is 17.1 Å². The van der Waals surface area contributed by atoms with Crippen LogP contribution in [0.2, 0.25) is 0 Å². The summed E-state index contributed by atoms with van der Waals surface area (Å²) < 4.78 is 7.10. The van der Waals surface area contributed by atoms with Crippen LogP contribution in [0.3, 0.4) is 0 Å². The Balaban J connectivity index is 2.29.